The molecule has 3 aromatic carbocycles. The van der Waals surface area contributed by atoms with Gasteiger partial charge in [-0.3, -0.25) is 14.4 Å². The number of rotatable bonds is 5. The van der Waals surface area contributed by atoms with Crippen LogP contribution in [0.3, 0.4) is 0 Å². The number of hydrogen-bond donors (Lipinski definition) is 0. The van der Waals surface area contributed by atoms with E-state index in [2.05, 4.69) is 15.9 Å². The van der Waals surface area contributed by atoms with Gasteiger partial charge in [0, 0.05) is 4.47 Å². The van der Waals surface area contributed by atoms with E-state index in [-0.39, 0.29) is 17.6 Å². The number of nitrogens with zero attached hydrogens (tertiary/aromatic N) is 1. The second kappa shape index (κ2) is 8.10. The number of carbonyl (C=O) groups is 3. The zero-order valence-electron chi connectivity index (χ0n) is 20.2. The largest absolute Gasteiger partial charge is 0.298 e. The number of imide groups is 1. The van der Waals surface area contributed by atoms with Crippen molar-refractivity contribution in [1.82, 2.24) is 0 Å². The molecule has 1 aliphatic heterocycles. The van der Waals surface area contributed by atoms with Crippen molar-refractivity contribution >= 4 is 50.4 Å². The molecule has 3 aliphatic rings. The summed E-state index contributed by atoms with van der Waals surface area (Å²) >= 11 is 3.47. The molecule has 1 saturated heterocycles. The Morgan fingerprint density at radius 1 is 0.694 bits per heavy atom. The molecule has 36 heavy (non-hydrogen) atoms. The number of hydrogen-bond acceptors (Lipinski definition) is 3. The summed E-state index contributed by atoms with van der Waals surface area (Å²) in [6.45, 7) is 3.97. The van der Waals surface area contributed by atoms with Gasteiger partial charge < -0.3 is 0 Å². The molecule has 0 unspecified atom stereocenters. The molecule has 4 atom stereocenters. The Kier molecular flexibility index (Phi) is 5.20. The first-order valence-corrected chi connectivity index (χ1v) is 13.3. The maximum absolute atomic E-state index is 14.7. The summed E-state index contributed by atoms with van der Waals surface area (Å²) in [5, 5.41) is 0. The minimum atomic E-state index is -1.05. The molecule has 6 rings (SSSR count). The van der Waals surface area contributed by atoms with E-state index < -0.39 is 22.7 Å². The van der Waals surface area contributed by atoms with E-state index in [4.69, 9.17) is 0 Å². The van der Waals surface area contributed by atoms with Crippen molar-refractivity contribution in [2.45, 2.75) is 26.7 Å². The summed E-state index contributed by atoms with van der Waals surface area (Å²) in [5.74, 6) is -1.94. The van der Waals surface area contributed by atoms with Crippen molar-refractivity contribution in [3.63, 3.8) is 0 Å². The normalized spacial score (nSPS) is 28.9. The average molecular weight is 540 g/mol. The van der Waals surface area contributed by atoms with Gasteiger partial charge >= 0.3 is 0 Å². The molecule has 2 aliphatic carbocycles. The topological polar surface area (TPSA) is 54.5 Å². The molecule has 0 aromatic heterocycles. The van der Waals surface area contributed by atoms with Crippen LogP contribution >= 0.6 is 15.9 Å². The van der Waals surface area contributed by atoms with Crippen LogP contribution in [-0.2, 0) is 14.4 Å². The van der Waals surface area contributed by atoms with Crippen molar-refractivity contribution in [3.05, 3.63) is 101 Å². The first-order valence-electron chi connectivity index (χ1n) is 12.5. The Morgan fingerprint density at radius 2 is 1.17 bits per heavy atom. The minimum Gasteiger partial charge on any atom is -0.298 e. The van der Waals surface area contributed by atoms with E-state index in [0.717, 1.165) is 26.7 Å². The second-order valence-corrected chi connectivity index (χ2v) is 10.8. The van der Waals surface area contributed by atoms with Crippen molar-refractivity contribution < 1.29 is 14.4 Å². The summed E-state index contributed by atoms with van der Waals surface area (Å²) in [6.07, 6.45) is 0.918. The number of Topliss-reactive ketones (excluding diaryl/α,β-unsaturated/α-hetero) is 1. The van der Waals surface area contributed by atoms with E-state index in [1.807, 2.05) is 86.6 Å². The molecule has 2 bridgehead atoms. The highest BCUT2D eigenvalue weighted by molar-refractivity contribution is 9.10. The van der Waals surface area contributed by atoms with E-state index in [1.165, 1.54) is 4.90 Å². The van der Waals surface area contributed by atoms with Crippen LogP contribution in [0.25, 0.3) is 11.1 Å². The molecule has 1 heterocycles. The summed E-state index contributed by atoms with van der Waals surface area (Å²) < 4.78 is 0.792. The third-order valence-electron chi connectivity index (χ3n) is 8.63. The van der Waals surface area contributed by atoms with Crippen molar-refractivity contribution in [1.29, 1.82) is 0 Å². The highest BCUT2D eigenvalue weighted by Gasteiger charge is 2.80. The molecule has 1 saturated carbocycles. The van der Waals surface area contributed by atoms with Gasteiger partial charge in [0.05, 0.1) is 28.4 Å². The summed E-state index contributed by atoms with van der Waals surface area (Å²) in [6, 6.07) is 27.1. The lowest BCUT2D eigenvalue weighted by molar-refractivity contribution is -0.134. The van der Waals surface area contributed by atoms with Gasteiger partial charge in [-0.25, -0.2) is 4.90 Å². The van der Waals surface area contributed by atoms with Crippen LogP contribution in [0.15, 0.2) is 89.4 Å². The Balaban J connectivity index is 1.68. The summed E-state index contributed by atoms with van der Waals surface area (Å²) in [5.41, 5.74) is 2.16. The van der Waals surface area contributed by atoms with E-state index in [1.54, 1.807) is 12.1 Å². The molecule has 180 valence electrons. The Labute approximate surface area is 219 Å². The third kappa shape index (κ3) is 2.67. The molecular weight excluding hydrogens is 514 g/mol. The number of carbonyl (C=O) groups excluding carboxylic acids is 3. The monoisotopic (exact) mass is 539 g/mol. The van der Waals surface area contributed by atoms with E-state index in [9.17, 15) is 14.4 Å². The smallest absolute Gasteiger partial charge is 0.239 e. The average Bonchev–Trinajstić information content (AvgIpc) is 3.40. The SMILES string of the molecule is CC[C@]12C(=O)[C@@](CC)(C(c3ccccc3)=C1c1ccccc1)[C@H]1C(=O)N(c3cccc(Br)c3)C(=O)[C@H]12. The number of benzene rings is 3. The van der Waals surface area contributed by atoms with Gasteiger partial charge in [0.25, 0.3) is 0 Å². The fourth-order valence-corrected chi connectivity index (χ4v) is 7.71. The first-order chi connectivity index (χ1) is 17.4. The second-order valence-electron chi connectivity index (χ2n) is 9.91. The number of fused-ring (bicyclic) bond motifs is 5. The number of allylic oxidation sites excluding steroid dienone is 2. The highest BCUT2D eigenvalue weighted by atomic mass is 79.9. The van der Waals surface area contributed by atoms with Crippen LogP contribution in [0, 0.1) is 22.7 Å². The van der Waals surface area contributed by atoms with Crippen molar-refractivity contribution in [2.75, 3.05) is 4.90 Å². The van der Waals surface area contributed by atoms with Crippen LogP contribution in [0.4, 0.5) is 5.69 Å². The molecular formula is C31H26BrNO3. The molecule has 2 amide bonds. The van der Waals surface area contributed by atoms with E-state index >= 15 is 0 Å². The number of ketones is 1. The maximum Gasteiger partial charge on any atom is 0.239 e. The Bertz CT molecular complexity index is 1360. The lowest BCUT2D eigenvalue weighted by Gasteiger charge is -2.38. The van der Waals surface area contributed by atoms with Crippen LogP contribution in [-0.4, -0.2) is 17.6 Å². The third-order valence-corrected chi connectivity index (χ3v) is 9.12. The van der Waals surface area contributed by atoms with E-state index in [0.29, 0.717) is 18.5 Å². The lowest BCUT2D eigenvalue weighted by atomic mass is 9.60. The summed E-state index contributed by atoms with van der Waals surface area (Å²) in [4.78, 5) is 44.4. The maximum atomic E-state index is 14.7. The fourth-order valence-electron chi connectivity index (χ4n) is 7.32. The van der Waals surface area contributed by atoms with Crippen LogP contribution < -0.4 is 4.90 Å². The predicted molar refractivity (Wildman–Crippen MR) is 144 cm³/mol. The predicted octanol–water partition coefficient (Wildman–Crippen LogP) is 6.55. The van der Waals surface area contributed by atoms with Gasteiger partial charge in [-0.05, 0) is 53.3 Å². The standard InChI is InChI=1S/C31H26BrNO3/c1-3-30-23(19-12-7-5-8-13-19)24(20-14-9-6-10-15-20)31(4-2,29(30)36)26-25(30)27(34)33(28(26)35)22-17-11-16-21(32)18-22/h5-18,25-26H,3-4H2,1-2H3/t25-,26+,30-,31-/m0/s1. The molecule has 0 spiro atoms. The van der Waals surface area contributed by atoms with Gasteiger partial charge in [0.1, 0.15) is 0 Å². The quantitative estimate of drug-likeness (QED) is 0.345. The zero-order valence-corrected chi connectivity index (χ0v) is 21.8. The van der Waals surface area contributed by atoms with Crippen LogP contribution in [0.5, 0.6) is 0 Å². The number of anilines is 1. The minimum absolute atomic E-state index is 0.0308. The van der Waals surface area contributed by atoms with Gasteiger partial charge in [-0.1, -0.05) is 96.5 Å². The van der Waals surface area contributed by atoms with Gasteiger partial charge in [-0.2, -0.15) is 0 Å². The fraction of sp³-hybridized carbons (Fsp3) is 0.258. The zero-order chi connectivity index (χ0) is 25.2. The Hall–Kier alpha value is -3.31. The van der Waals surface area contributed by atoms with Gasteiger partial charge in [0.2, 0.25) is 11.8 Å². The first kappa shape index (κ1) is 23.1. The number of halogens is 1. The molecule has 0 radical (unpaired) electrons. The molecule has 3 aromatic rings. The molecule has 2 fully saturated rings. The highest BCUT2D eigenvalue weighted by Crippen LogP contribution is 2.75. The van der Waals surface area contributed by atoms with Crippen LogP contribution in [0.1, 0.15) is 37.8 Å². The molecule has 4 nitrogen and oxygen atoms in total. The van der Waals surface area contributed by atoms with Gasteiger partial charge in [0.15, 0.2) is 5.78 Å². The Morgan fingerprint density at radius 3 is 1.58 bits per heavy atom. The molecule has 5 heteroatoms. The number of amides is 2. The summed E-state index contributed by atoms with van der Waals surface area (Å²) in [7, 11) is 0. The van der Waals surface area contributed by atoms with Crippen LogP contribution in [0.2, 0.25) is 0 Å². The van der Waals surface area contributed by atoms with Crippen molar-refractivity contribution in [3.8, 4) is 0 Å². The lowest BCUT2D eigenvalue weighted by Crippen LogP contribution is -2.41. The van der Waals surface area contributed by atoms with Crippen molar-refractivity contribution in [2.24, 2.45) is 22.7 Å². The molecule has 0 N–H and O–H groups in total. The van der Waals surface area contributed by atoms with Gasteiger partial charge in [-0.15, -0.1) is 0 Å².